The van der Waals surface area contributed by atoms with Crippen LogP contribution in [-0.4, -0.2) is 10.2 Å². The smallest absolute Gasteiger partial charge is 0.307 e. The summed E-state index contributed by atoms with van der Waals surface area (Å²) in [4.78, 5) is 14.7. The monoisotopic (exact) mass is 273 g/mol. The maximum Gasteiger partial charge on any atom is 0.307 e. The van der Waals surface area contributed by atoms with Crippen LogP contribution in [0.2, 0.25) is 0 Å². The van der Waals surface area contributed by atoms with E-state index in [1.165, 1.54) is 0 Å². The summed E-state index contributed by atoms with van der Waals surface area (Å²) in [6, 6.07) is 5.50. The van der Waals surface area contributed by atoms with Crippen LogP contribution in [0.5, 0.6) is 0 Å². The summed E-state index contributed by atoms with van der Waals surface area (Å²) >= 11 is 8.57. The van der Waals surface area contributed by atoms with Gasteiger partial charge >= 0.3 is 5.24 Å². The highest BCUT2D eigenvalue weighted by Gasteiger charge is 2.11. The molecular weight excluding hydrogens is 269 g/mol. The Balaban J connectivity index is 2.60. The number of carbonyl (C=O) groups is 1. The Hall–Kier alpha value is -0.870. The molecule has 0 unspecified atom stereocenters. The lowest BCUT2D eigenvalue weighted by atomic mass is 10.2. The fourth-order valence-electron chi connectivity index (χ4n) is 1.14. The molecule has 2 aromatic rings. The van der Waals surface area contributed by atoms with Crippen LogP contribution >= 0.6 is 27.5 Å². The van der Waals surface area contributed by atoms with Gasteiger partial charge in [0.25, 0.3) is 5.89 Å². The number of halogens is 2. The molecule has 14 heavy (non-hydrogen) atoms. The topological polar surface area (TPSA) is 43.1 Å². The van der Waals surface area contributed by atoms with Gasteiger partial charge in [0.2, 0.25) is 0 Å². The van der Waals surface area contributed by atoms with E-state index in [1.54, 1.807) is 6.07 Å². The molecule has 3 nitrogen and oxygen atoms in total. The SMILES string of the molecule is O=C(Cl)c1nc2cc(CBr)ccc2o1. The zero-order valence-electron chi connectivity index (χ0n) is 6.96. The van der Waals surface area contributed by atoms with E-state index < -0.39 is 5.24 Å². The highest BCUT2D eigenvalue weighted by molar-refractivity contribution is 9.08. The molecular formula is C9H5BrClNO2. The third-order valence-corrected chi connectivity index (χ3v) is 2.58. The predicted octanol–water partition coefficient (Wildman–Crippen LogP) is 3.10. The highest BCUT2D eigenvalue weighted by atomic mass is 79.9. The number of carbonyl (C=O) groups excluding carboxylic acids is 1. The molecule has 0 N–H and O–H groups in total. The first-order valence-electron chi connectivity index (χ1n) is 3.86. The lowest BCUT2D eigenvalue weighted by Gasteiger charge is -1.91. The van der Waals surface area contributed by atoms with Crippen molar-refractivity contribution >= 4 is 43.9 Å². The minimum atomic E-state index is -0.679. The van der Waals surface area contributed by atoms with E-state index in [4.69, 9.17) is 16.0 Å². The van der Waals surface area contributed by atoms with Crippen LogP contribution in [0.1, 0.15) is 16.2 Å². The van der Waals surface area contributed by atoms with Crippen molar-refractivity contribution in [3.05, 3.63) is 29.7 Å². The van der Waals surface area contributed by atoms with Gasteiger partial charge < -0.3 is 4.42 Å². The Morgan fingerprint density at radius 1 is 1.57 bits per heavy atom. The number of hydrogen-bond donors (Lipinski definition) is 0. The van der Waals surface area contributed by atoms with Crippen molar-refractivity contribution in [2.45, 2.75) is 5.33 Å². The van der Waals surface area contributed by atoms with Crippen LogP contribution in [0.15, 0.2) is 22.6 Å². The standard InChI is InChI=1S/C9H5BrClNO2/c10-4-5-1-2-7-6(3-5)12-9(14-7)8(11)13/h1-3H,4H2. The van der Waals surface area contributed by atoms with Crippen LogP contribution in [0, 0.1) is 0 Å². The second-order valence-electron chi connectivity index (χ2n) is 2.73. The molecule has 0 radical (unpaired) electrons. The minimum Gasteiger partial charge on any atom is -0.433 e. The summed E-state index contributed by atoms with van der Waals surface area (Å²) in [7, 11) is 0. The largest absolute Gasteiger partial charge is 0.433 e. The molecule has 1 aromatic heterocycles. The van der Waals surface area contributed by atoms with Gasteiger partial charge in [0.05, 0.1) is 0 Å². The highest BCUT2D eigenvalue weighted by Crippen LogP contribution is 2.19. The van der Waals surface area contributed by atoms with Gasteiger partial charge in [-0.3, -0.25) is 4.79 Å². The van der Waals surface area contributed by atoms with Crippen molar-refractivity contribution in [2.75, 3.05) is 0 Å². The van der Waals surface area contributed by atoms with Gasteiger partial charge in [0, 0.05) is 5.33 Å². The molecule has 0 saturated carbocycles. The molecule has 72 valence electrons. The Bertz CT molecular complexity index is 495. The maximum atomic E-state index is 10.8. The molecule has 0 spiro atoms. The second-order valence-corrected chi connectivity index (χ2v) is 3.63. The van der Waals surface area contributed by atoms with Crippen molar-refractivity contribution in [3.63, 3.8) is 0 Å². The summed E-state index contributed by atoms with van der Waals surface area (Å²) in [5.74, 6) is -0.0617. The molecule has 0 atom stereocenters. The average Bonchev–Trinajstić information content (AvgIpc) is 2.59. The third-order valence-electron chi connectivity index (χ3n) is 1.77. The van der Waals surface area contributed by atoms with Gasteiger partial charge in [-0.25, -0.2) is 4.98 Å². The van der Waals surface area contributed by atoms with Crippen LogP contribution in [-0.2, 0) is 5.33 Å². The number of hydrogen-bond acceptors (Lipinski definition) is 3. The van der Waals surface area contributed by atoms with Crippen molar-refractivity contribution in [2.24, 2.45) is 0 Å². The first-order valence-corrected chi connectivity index (χ1v) is 5.36. The van der Waals surface area contributed by atoms with Crippen molar-refractivity contribution in [3.8, 4) is 0 Å². The van der Waals surface area contributed by atoms with E-state index in [0.717, 1.165) is 10.9 Å². The number of nitrogens with zero attached hydrogens (tertiary/aromatic N) is 1. The van der Waals surface area contributed by atoms with Gasteiger partial charge in [-0.15, -0.1) is 0 Å². The molecule has 0 bridgehead atoms. The van der Waals surface area contributed by atoms with E-state index in [1.807, 2.05) is 12.1 Å². The number of alkyl halides is 1. The fourth-order valence-corrected chi connectivity index (χ4v) is 1.57. The Morgan fingerprint density at radius 2 is 2.36 bits per heavy atom. The summed E-state index contributed by atoms with van der Waals surface area (Å²) in [6.07, 6.45) is 0. The molecule has 5 heteroatoms. The van der Waals surface area contributed by atoms with Gasteiger partial charge in [0.1, 0.15) is 5.52 Å². The molecule has 0 fully saturated rings. The quantitative estimate of drug-likeness (QED) is 0.624. The molecule has 1 heterocycles. The predicted molar refractivity (Wildman–Crippen MR) is 56.8 cm³/mol. The molecule has 2 rings (SSSR count). The summed E-state index contributed by atoms with van der Waals surface area (Å²) in [5.41, 5.74) is 2.28. The van der Waals surface area contributed by atoms with E-state index in [0.29, 0.717) is 11.1 Å². The number of oxazole rings is 1. The maximum absolute atomic E-state index is 10.8. The number of fused-ring (bicyclic) bond motifs is 1. The van der Waals surface area contributed by atoms with Crippen molar-refractivity contribution < 1.29 is 9.21 Å². The van der Waals surface area contributed by atoms with Crippen LogP contribution in [0.4, 0.5) is 0 Å². The van der Waals surface area contributed by atoms with Crippen LogP contribution < -0.4 is 0 Å². The molecule has 0 aliphatic carbocycles. The summed E-state index contributed by atoms with van der Waals surface area (Å²) in [6.45, 7) is 0. The average molecular weight is 275 g/mol. The van der Waals surface area contributed by atoms with E-state index in [-0.39, 0.29) is 5.89 Å². The first-order chi connectivity index (χ1) is 6.70. The van der Waals surface area contributed by atoms with Crippen LogP contribution in [0.3, 0.4) is 0 Å². The minimum absolute atomic E-state index is 0.0617. The zero-order valence-corrected chi connectivity index (χ0v) is 9.30. The molecule has 1 aromatic carbocycles. The Morgan fingerprint density at radius 3 is 3.00 bits per heavy atom. The Labute approximate surface area is 93.2 Å². The summed E-state index contributed by atoms with van der Waals surface area (Å²) < 4.78 is 5.12. The van der Waals surface area contributed by atoms with Crippen LogP contribution in [0.25, 0.3) is 11.1 Å². The first kappa shape index (κ1) is 9.68. The Kier molecular flexibility index (Phi) is 2.56. The normalized spacial score (nSPS) is 10.7. The van der Waals surface area contributed by atoms with Gasteiger partial charge in [0.15, 0.2) is 5.58 Å². The molecule has 0 amide bonds. The van der Waals surface area contributed by atoms with Crippen molar-refractivity contribution in [1.29, 1.82) is 0 Å². The van der Waals surface area contributed by atoms with Crippen molar-refractivity contribution in [1.82, 2.24) is 4.98 Å². The number of aromatic nitrogens is 1. The van der Waals surface area contributed by atoms with Gasteiger partial charge in [-0.2, -0.15) is 0 Å². The van der Waals surface area contributed by atoms with E-state index >= 15 is 0 Å². The number of rotatable bonds is 2. The molecule has 0 saturated heterocycles. The lowest BCUT2D eigenvalue weighted by molar-refractivity contribution is 0.105. The number of benzene rings is 1. The summed E-state index contributed by atoms with van der Waals surface area (Å²) in [5, 5.41) is 0.0570. The fraction of sp³-hybridized carbons (Fsp3) is 0.111. The van der Waals surface area contributed by atoms with Gasteiger partial charge in [-0.1, -0.05) is 22.0 Å². The van der Waals surface area contributed by atoms with E-state index in [9.17, 15) is 4.79 Å². The molecule has 0 aliphatic rings. The third kappa shape index (κ3) is 1.67. The zero-order chi connectivity index (χ0) is 10.1. The van der Waals surface area contributed by atoms with E-state index in [2.05, 4.69) is 20.9 Å². The molecule has 0 aliphatic heterocycles. The lowest BCUT2D eigenvalue weighted by Crippen LogP contribution is -1.86. The van der Waals surface area contributed by atoms with Gasteiger partial charge in [-0.05, 0) is 29.3 Å². The second kappa shape index (κ2) is 3.71.